The number of carboxylic acids is 2. The predicted molar refractivity (Wildman–Crippen MR) is 315 cm³/mol. The molecule has 0 atom stereocenters. The van der Waals surface area contributed by atoms with Crippen LogP contribution >= 0.6 is 0 Å². The van der Waals surface area contributed by atoms with Crippen molar-refractivity contribution in [2.45, 2.75) is 175 Å². The number of primary amides is 2. The van der Waals surface area contributed by atoms with Crippen LogP contribution in [0.3, 0.4) is 0 Å². The molecule has 6 aromatic rings. The maximum Gasteiger partial charge on any atom is 0.341 e. The van der Waals surface area contributed by atoms with Crippen molar-refractivity contribution in [1.29, 1.82) is 0 Å². The van der Waals surface area contributed by atoms with Gasteiger partial charge in [-0.2, -0.15) is 0 Å². The number of aryl methyl sites for hydroxylation is 2. The van der Waals surface area contributed by atoms with Crippen molar-refractivity contribution < 1.29 is 57.9 Å². The monoisotopic (exact) mass is 1110 g/mol. The Bertz CT molecular complexity index is 2860. The molecule has 2 heterocycles. The van der Waals surface area contributed by atoms with E-state index in [1.54, 1.807) is 38.1 Å². The molecule has 81 heavy (non-hydrogen) atoms. The highest BCUT2D eigenvalue weighted by atomic mass is 16.5. The molecule has 0 fully saturated rings. The van der Waals surface area contributed by atoms with Crippen molar-refractivity contribution in [3.8, 4) is 23.0 Å². The first-order chi connectivity index (χ1) is 39.0. The van der Waals surface area contributed by atoms with Crippen molar-refractivity contribution in [3.63, 3.8) is 0 Å². The van der Waals surface area contributed by atoms with Crippen molar-refractivity contribution in [2.75, 3.05) is 26.4 Å². The standard InChI is InChI=1S/C65H84N4O12/c1-45-57(61(74)63(66)76)59-51(27-25-29-53(59)80-43-55(70)71)68(45)39-21-17-13-9-5-7-11-15-19-23-41-78-49-35-31-47(32-36-49)65(3,4)48-33-37-50(38-34-48)79-42-24-20-16-12-8-6-10-14-18-22-40-69-46(2)58(62(75)64(67)77)60-52(69)28-26-30-54(60)81-44-56(72)73/h25-38H,5-24,39-44H2,1-4H3,(H2,66,76)(H2,67,77)(H,70,71)(H,72,73). The van der Waals surface area contributed by atoms with Crippen molar-refractivity contribution >= 4 is 57.1 Å². The molecule has 6 N–H and O–H groups in total. The third-order valence-corrected chi connectivity index (χ3v) is 15.5. The number of benzene rings is 4. The molecular weight excluding hydrogens is 1030 g/mol. The molecule has 0 unspecified atom stereocenters. The summed E-state index contributed by atoms with van der Waals surface area (Å²) in [5.41, 5.74) is 16.0. The number of fused-ring (bicyclic) bond motifs is 2. The highest BCUT2D eigenvalue weighted by Crippen LogP contribution is 2.37. The topological polar surface area (TPSA) is 242 Å². The maximum atomic E-state index is 12.8. The van der Waals surface area contributed by atoms with E-state index < -0.39 is 48.5 Å². The number of nitrogens with zero attached hydrogens (tertiary/aromatic N) is 2. The fraction of sp³-hybridized carbons (Fsp3) is 0.477. The van der Waals surface area contributed by atoms with E-state index in [-0.39, 0.29) is 28.0 Å². The number of rotatable bonds is 40. The Morgan fingerprint density at radius 1 is 0.432 bits per heavy atom. The molecule has 0 saturated heterocycles. The molecule has 2 amide bonds. The number of aliphatic carboxylic acids is 2. The summed E-state index contributed by atoms with van der Waals surface area (Å²) in [5, 5.41) is 19.1. The number of aromatic nitrogens is 2. The van der Waals surface area contributed by atoms with Gasteiger partial charge in [-0.05, 0) is 99.2 Å². The Hall–Kier alpha value is -7.62. The van der Waals surface area contributed by atoms with Crippen LogP contribution in [0.1, 0.15) is 185 Å². The summed E-state index contributed by atoms with van der Waals surface area (Å²) in [6.07, 6.45) is 22.3. The smallest absolute Gasteiger partial charge is 0.341 e. The summed E-state index contributed by atoms with van der Waals surface area (Å²) in [4.78, 5) is 71.8. The average Bonchev–Trinajstić information content (AvgIpc) is 4.17. The molecule has 436 valence electrons. The molecule has 16 nitrogen and oxygen atoms in total. The predicted octanol–water partition coefficient (Wildman–Crippen LogP) is 12.8. The first-order valence-electron chi connectivity index (χ1n) is 29.1. The van der Waals surface area contributed by atoms with Crippen LogP contribution in [0.15, 0.2) is 84.9 Å². The molecule has 16 heteroatoms. The third kappa shape index (κ3) is 17.7. The number of amides is 2. The van der Waals surface area contributed by atoms with Crippen molar-refractivity contribution in [1.82, 2.24) is 9.13 Å². The van der Waals surface area contributed by atoms with Crippen LogP contribution in [0.4, 0.5) is 0 Å². The lowest BCUT2D eigenvalue weighted by molar-refractivity contribution is -0.140. The number of carbonyl (C=O) groups is 6. The Morgan fingerprint density at radius 2 is 0.741 bits per heavy atom. The van der Waals surface area contributed by atoms with Gasteiger partial charge in [0.2, 0.25) is 0 Å². The second-order valence-electron chi connectivity index (χ2n) is 21.7. The molecule has 2 aromatic heterocycles. The fourth-order valence-electron chi connectivity index (χ4n) is 10.9. The van der Waals surface area contributed by atoms with Gasteiger partial charge >= 0.3 is 11.9 Å². The quantitative estimate of drug-likeness (QED) is 0.0160. The molecule has 0 bridgehead atoms. The van der Waals surface area contributed by atoms with Crippen molar-refractivity contribution in [3.05, 3.63) is 119 Å². The van der Waals surface area contributed by atoms with Gasteiger partial charge in [0.05, 0.1) is 46.1 Å². The molecule has 0 aliphatic rings. The van der Waals surface area contributed by atoms with Gasteiger partial charge in [-0.15, -0.1) is 0 Å². The van der Waals surface area contributed by atoms with Crippen LogP contribution < -0.4 is 30.4 Å². The lowest BCUT2D eigenvalue weighted by atomic mass is 9.78. The number of unbranched alkanes of at least 4 members (excludes halogenated alkanes) is 18. The summed E-state index contributed by atoms with van der Waals surface area (Å²) in [5.74, 6) is -3.78. The summed E-state index contributed by atoms with van der Waals surface area (Å²) < 4.78 is 27.2. The molecule has 0 saturated carbocycles. The minimum atomic E-state index is -1.14. The minimum Gasteiger partial charge on any atom is -0.494 e. The Labute approximate surface area is 476 Å². The number of ketones is 2. The van der Waals surface area contributed by atoms with E-state index in [1.165, 1.54) is 62.5 Å². The number of hydrogen-bond acceptors (Lipinski definition) is 10. The number of hydrogen-bond donors (Lipinski definition) is 4. The zero-order valence-electron chi connectivity index (χ0n) is 48.0. The first-order valence-corrected chi connectivity index (χ1v) is 29.1. The Kier molecular flexibility index (Phi) is 24.3. The number of carboxylic acid groups (broad SMARTS) is 2. The van der Waals surface area contributed by atoms with E-state index in [2.05, 4.69) is 62.4 Å². The Balaban J connectivity index is 0.773. The molecule has 4 aromatic carbocycles. The van der Waals surface area contributed by atoms with Gasteiger partial charge in [-0.3, -0.25) is 19.2 Å². The number of ether oxygens (including phenoxy) is 4. The summed E-state index contributed by atoms with van der Waals surface area (Å²) in [6, 6.07) is 27.4. The summed E-state index contributed by atoms with van der Waals surface area (Å²) in [6.45, 7) is 9.62. The highest BCUT2D eigenvalue weighted by molar-refractivity contribution is 6.45. The second-order valence-corrected chi connectivity index (χ2v) is 21.7. The zero-order chi connectivity index (χ0) is 58.3. The SMILES string of the molecule is Cc1c(C(=O)C(N)=O)c2c(OCC(=O)O)cccc2n1CCCCCCCCCCCCOc1ccc(C(C)(C)c2ccc(OCCCCCCCCCCCCn3c(C)c(C(=O)C(N)=O)c4c(OCC(=O)O)cccc43)cc2)cc1. The molecule has 0 radical (unpaired) electrons. The van der Waals surface area contributed by atoms with Crippen LogP contribution in [0, 0.1) is 13.8 Å². The molecule has 0 spiro atoms. The first kappa shape index (κ1) is 62.6. The molecule has 6 rings (SSSR count). The molecule has 0 aliphatic carbocycles. The van der Waals surface area contributed by atoms with Gasteiger partial charge in [-0.25, -0.2) is 9.59 Å². The number of carbonyl (C=O) groups excluding carboxylic acids is 4. The van der Waals surface area contributed by atoms with Crippen molar-refractivity contribution in [2.24, 2.45) is 11.5 Å². The van der Waals surface area contributed by atoms with E-state index in [4.69, 9.17) is 40.6 Å². The Morgan fingerprint density at radius 3 is 1.05 bits per heavy atom. The van der Waals surface area contributed by atoms with E-state index in [0.29, 0.717) is 59.5 Å². The normalized spacial score (nSPS) is 11.5. The van der Waals surface area contributed by atoms with E-state index >= 15 is 0 Å². The van der Waals surface area contributed by atoms with E-state index in [1.807, 2.05) is 21.3 Å². The van der Waals surface area contributed by atoms with Crippen LogP contribution in [0.25, 0.3) is 21.8 Å². The van der Waals surface area contributed by atoms with Gasteiger partial charge in [0.15, 0.2) is 13.2 Å². The van der Waals surface area contributed by atoms with Gasteiger partial charge < -0.3 is 49.8 Å². The number of nitrogens with two attached hydrogens (primary N) is 2. The van der Waals surface area contributed by atoms with Gasteiger partial charge in [0.1, 0.15) is 23.0 Å². The minimum absolute atomic E-state index is 0.169. The van der Waals surface area contributed by atoms with Gasteiger partial charge in [0.25, 0.3) is 23.4 Å². The summed E-state index contributed by atoms with van der Waals surface area (Å²) >= 11 is 0. The third-order valence-electron chi connectivity index (χ3n) is 15.5. The van der Waals surface area contributed by atoms with Gasteiger partial charge in [-0.1, -0.05) is 153 Å². The van der Waals surface area contributed by atoms with Crippen LogP contribution in [0.2, 0.25) is 0 Å². The molecule has 0 aliphatic heterocycles. The average molecular weight is 1110 g/mol. The second kappa shape index (κ2) is 31.4. The van der Waals surface area contributed by atoms with E-state index in [0.717, 1.165) is 88.5 Å². The van der Waals surface area contributed by atoms with Crippen LogP contribution in [0.5, 0.6) is 23.0 Å². The fourth-order valence-corrected chi connectivity index (χ4v) is 10.9. The largest absolute Gasteiger partial charge is 0.494 e. The van der Waals surface area contributed by atoms with Crippen LogP contribution in [-0.2, 0) is 37.7 Å². The zero-order valence-corrected chi connectivity index (χ0v) is 48.0. The molecular formula is C65H84N4O12. The van der Waals surface area contributed by atoms with Gasteiger partial charge in [0, 0.05) is 29.9 Å². The van der Waals surface area contributed by atoms with E-state index in [9.17, 15) is 28.8 Å². The lowest BCUT2D eigenvalue weighted by Gasteiger charge is -2.26. The number of Topliss-reactive ketones (excluding diaryl/α,β-unsaturated/α-hetero) is 2. The lowest BCUT2D eigenvalue weighted by Crippen LogP contribution is -2.24. The van der Waals surface area contributed by atoms with Crippen LogP contribution in [-0.4, -0.2) is 81.1 Å². The maximum absolute atomic E-state index is 12.8. The summed E-state index contributed by atoms with van der Waals surface area (Å²) in [7, 11) is 0. The highest BCUT2D eigenvalue weighted by Gasteiger charge is 2.28.